The molecule has 1 amide bonds. The minimum Gasteiger partial charge on any atom is -0.343 e. The molecule has 1 atom stereocenters. The summed E-state index contributed by atoms with van der Waals surface area (Å²) in [6.45, 7) is 3.15. The number of H-pyrrole nitrogens is 1. The summed E-state index contributed by atoms with van der Waals surface area (Å²) in [6.07, 6.45) is 3.09. The topological polar surface area (TPSA) is 92.1 Å². The Hall–Kier alpha value is -2.96. The van der Waals surface area contributed by atoms with Crippen molar-refractivity contribution in [3.8, 4) is 0 Å². The average molecular weight is 338 g/mol. The normalized spacial score (nSPS) is 17.8. The van der Waals surface area contributed by atoms with Crippen molar-refractivity contribution < 1.29 is 9.32 Å². The van der Waals surface area contributed by atoms with Gasteiger partial charge >= 0.3 is 0 Å². The number of piperidine rings is 1. The molecule has 1 aromatic carbocycles. The Labute approximate surface area is 143 Å². The fourth-order valence-electron chi connectivity index (χ4n) is 3.45. The molecule has 1 saturated heterocycles. The first-order valence-electron chi connectivity index (χ1n) is 8.31. The molecule has 1 fully saturated rings. The molecule has 1 aliphatic heterocycles. The van der Waals surface area contributed by atoms with Crippen molar-refractivity contribution in [1.29, 1.82) is 0 Å². The van der Waals surface area contributed by atoms with Gasteiger partial charge in [-0.2, -0.15) is 4.98 Å². The number of aromatic nitrogens is 3. The third-order valence-corrected chi connectivity index (χ3v) is 4.68. The van der Waals surface area contributed by atoms with E-state index in [1.54, 1.807) is 4.90 Å². The first-order valence-corrected chi connectivity index (χ1v) is 8.31. The van der Waals surface area contributed by atoms with Crippen molar-refractivity contribution in [2.45, 2.75) is 25.7 Å². The van der Waals surface area contributed by atoms with Gasteiger partial charge in [0.1, 0.15) is 0 Å². The number of rotatable bonds is 2. The van der Waals surface area contributed by atoms with Crippen molar-refractivity contribution in [2.24, 2.45) is 0 Å². The molecule has 0 saturated carbocycles. The average Bonchev–Trinajstić information content (AvgIpc) is 3.16. The van der Waals surface area contributed by atoms with E-state index in [-0.39, 0.29) is 17.4 Å². The highest BCUT2D eigenvalue weighted by atomic mass is 16.5. The lowest BCUT2D eigenvalue weighted by atomic mass is 9.96. The maximum Gasteiger partial charge on any atom is 0.254 e. The van der Waals surface area contributed by atoms with Crippen molar-refractivity contribution in [3.63, 3.8) is 0 Å². The second-order valence-corrected chi connectivity index (χ2v) is 6.48. The summed E-state index contributed by atoms with van der Waals surface area (Å²) in [7, 11) is 0. The number of nitrogens with one attached hydrogen (secondary N) is 1. The van der Waals surface area contributed by atoms with Gasteiger partial charge in [-0.15, -0.1) is 0 Å². The number of amides is 1. The Morgan fingerprint density at radius 1 is 1.36 bits per heavy atom. The van der Waals surface area contributed by atoms with Crippen LogP contribution in [0.25, 0.3) is 10.9 Å². The van der Waals surface area contributed by atoms with E-state index >= 15 is 0 Å². The summed E-state index contributed by atoms with van der Waals surface area (Å²) in [4.78, 5) is 33.7. The molecule has 0 spiro atoms. The Balaban J connectivity index is 1.70. The molecule has 1 N–H and O–H groups in total. The molecule has 128 valence electrons. The van der Waals surface area contributed by atoms with Crippen LogP contribution >= 0.6 is 0 Å². The Bertz CT molecular complexity index is 978. The minimum atomic E-state index is -0.272. The van der Waals surface area contributed by atoms with E-state index in [2.05, 4.69) is 15.1 Å². The number of aryl methyl sites for hydroxylation is 1. The first kappa shape index (κ1) is 15.6. The fourth-order valence-corrected chi connectivity index (χ4v) is 3.45. The van der Waals surface area contributed by atoms with Crippen LogP contribution < -0.4 is 5.56 Å². The molecule has 0 aliphatic carbocycles. The smallest absolute Gasteiger partial charge is 0.254 e. The number of nitrogens with zero attached hydrogens (tertiary/aromatic N) is 3. The lowest BCUT2D eigenvalue weighted by Crippen LogP contribution is -2.39. The summed E-state index contributed by atoms with van der Waals surface area (Å²) in [5.74, 6) is 0.561. The van der Waals surface area contributed by atoms with Gasteiger partial charge in [0.2, 0.25) is 12.0 Å². The van der Waals surface area contributed by atoms with Crippen LogP contribution in [0.2, 0.25) is 0 Å². The molecule has 25 heavy (non-hydrogen) atoms. The molecule has 0 unspecified atom stereocenters. The number of likely N-dealkylation sites (tertiary alicyclic amines) is 1. The minimum absolute atomic E-state index is 0.0615. The lowest BCUT2D eigenvalue weighted by molar-refractivity contribution is 0.0705. The number of hydrogen-bond acceptors (Lipinski definition) is 5. The number of benzene rings is 1. The molecule has 1 aliphatic rings. The molecule has 3 heterocycles. The SMILES string of the molecule is Cc1ccc2[nH]c(=O)cc(C(=O)N3CCC[C@@H](c4ncon4)C3)c2c1. The predicted molar refractivity (Wildman–Crippen MR) is 91.5 cm³/mol. The zero-order chi connectivity index (χ0) is 17.4. The van der Waals surface area contributed by atoms with Crippen LogP contribution in [0.5, 0.6) is 0 Å². The second kappa shape index (κ2) is 6.16. The Kier molecular flexibility index (Phi) is 3.83. The van der Waals surface area contributed by atoms with E-state index < -0.39 is 0 Å². The third-order valence-electron chi connectivity index (χ3n) is 4.68. The highest BCUT2D eigenvalue weighted by Crippen LogP contribution is 2.26. The molecule has 7 nitrogen and oxygen atoms in total. The van der Waals surface area contributed by atoms with Crippen LogP contribution in [0.3, 0.4) is 0 Å². The van der Waals surface area contributed by atoms with E-state index in [9.17, 15) is 9.59 Å². The highest BCUT2D eigenvalue weighted by Gasteiger charge is 2.28. The van der Waals surface area contributed by atoms with Gasteiger partial charge in [-0.25, -0.2) is 0 Å². The number of pyridine rings is 1. The number of hydrogen-bond donors (Lipinski definition) is 1. The molecule has 4 rings (SSSR count). The number of aromatic amines is 1. The number of carbonyl (C=O) groups excluding carboxylic acids is 1. The molecule has 0 radical (unpaired) electrons. The van der Waals surface area contributed by atoms with E-state index in [0.717, 1.165) is 23.8 Å². The van der Waals surface area contributed by atoms with E-state index in [1.807, 2.05) is 25.1 Å². The zero-order valence-electron chi connectivity index (χ0n) is 13.9. The van der Waals surface area contributed by atoms with Gasteiger partial charge in [-0.05, 0) is 31.9 Å². The van der Waals surface area contributed by atoms with Crippen LogP contribution in [0, 0.1) is 6.92 Å². The molecule has 7 heteroatoms. The van der Waals surface area contributed by atoms with Crippen molar-refractivity contribution in [1.82, 2.24) is 20.0 Å². The van der Waals surface area contributed by atoms with Gasteiger partial charge in [0.15, 0.2) is 5.82 Å². The molecule has 3 aromatic rings. The third kappa shape index (κ3) is 2.93. The van der Waals surface area contributed by atoms with Crippen LogP contribution in [-0.4, -0.2) is 39.0 Å². The van der Waals surface area contributed by atoms with Crippen molar-refractivity contribution >= 4 is 16.8 Å². The standard InChI is InChI=1S/C18H18N4O3/c1-11-4-5-15-13(7-11)14(8-16(23)20-15)18(24)22-6-2-3-12(9-22)17-19-10-25-21-17/h4-5,7-8,10,12H,2-3,6,9H2,1H3,(H,20,23)/t12-/m1/s1. The number of fused-ring (bicyclic) bond motifs is 1. The van der Waals surface area contributed by atoms with E-state index in [4.69, 9.17) is 4.52 Å². The largest absolute Gasteiger partial charge is 0.343 e. The van der Waals surface area contributed by atoms with Crippen LogP contribution in [-0.2, 0) is 0 Å². The molecular weight excluding hydrogens is 320 g/mol. The summed E-state index contributed by atoms with van der Waals surface area (Å²) in [5, 5.41) is 4.67. The highest BCUT2D eigenvalue weighted by molar-refractivity contribution is 6.06. The van der Waals surface area contributed by atoms with Gasteiger partial charge in [-0.1, -0.05) is 16.8 Å². The summed E-state index contributed by atoms with van der Waals surface area (Å²) >= 11 is 0. The van der Waals surface area contributed by atoms with Crippen molar-refractivity contribution in [2.75, 3.05) is 13.1 Å². The monoisotopic (exact) mass is 338 g/mol. The van der Waals surface area contributed by atoms with Gasteiger partial charge in [0.25, 0.3) is 5.91 Å². The van der Waals surface area contributed by atoms with Gasteiger partial charge < -0.3 is 14.4 Å². The first-order chi connectivity index (χ1) is 12.1. The maximum absolute atomic E-state index is 13.1. The van der Waals surface area contributed by atoms with Gasteiger partial charge in [0, 0.05) is 36.0 Å². The van der Waals surface area contributed by atoms with Gasteiger partial charge in [0.05, 0.1) is 5.56 Å². The Morgan fingerprint density at radius 3 is 3.04 bits per heavy atom. The fraction of sp³-hybridized carbons (Fsp3) is 0.333. The van der Waals surface area contributed by atoms with Crippen LogP contribution in [0.1, 0.15) is 40.5 Å². The molecule has 0 bridgehead atoms. The summed E-state index contributed by atoms with van der Waals surface area (Å²) in [5.41, 5.74) is 1.88. The van der Waals surface area contributed by atoms with E-state index in [0.29, 0.717) is 30.0 Å². The molecule has 2 aromatic heterocycles. The second-order valence-electron chi connectivity index (χ2n) is 6.48. The molecular formula is C18H18N4O3. The Morgan fingerprint density at radius 2 is 2.24 bits per heavy atom. The summed E-state index contributed by atoms with van der Waals surface area (Å²) in [6, 6.07) is 7.07. The van der Waals surface area contributed by atoms with E-state index in [1.165, 1.54) is 12.5 Å². The quantitative estimate of drug-likeness (QED) is 0.773. The van der Waals surface area contributed by atoms with Crippen LogP contribution in [0.15, 0.2) is 40.0 Å². The van der Waals surface area contributed by atoms with Gasteiger partial charge in [-0.3, -0.25) is 9.59 Å². The van der Waals surface area contributed by atoms with Crippen LogP contribution in [0.4, 0.5) is 0 Å². The number of carbonyl (C=O) groups is 1. The lowest BCUT2D eigenvalue weighted by Gasteiger charge is -2.31. The maximum atomic E-state index is 13.1. The van der Waals surface area contributed by atoms with Crippen molar-refractivity contribution in [3.05, 3.63) is 58.0 Å². The zero-order valence-corrected chi connectivity index (χ0v) is 13.9. The summed E-state index contributed by atoms with van der Waals surface area (Å²) < 4.78 is 4.82. The predicted octanol–water partition coefficient (Wildman–Crippen LogP) is 2.24.